The summed E-state index contributed by atoms with van der Waals surface area (Å²) in [7, 11) is 0. The van der Waals surface area contributed by atoms with Crippen LogP contribution in [0, 0.1) is 5.92 Å². The van der Waals surface area contributed by atoms with E-state index in [9.17, 15) is 9.59 Å². The number of hydrogen-bond donors (Lipinski definition) is 1. The Morgan fingerprint density at radius 3 is 2.62 bits per heavy atom. The molecular weight excluding hydrogens is 336 g/mol. The Morgan fingerprint density at radius 1 is 1.35 bits per heavy atom. The fraction of sp³-hybridized carbons (Fsp3) is 0.722. The quantitative estimate of drug-likeness (QED) is 0.815. The van der Waals surface area contributed by atoms with E-state index < -0.39 is 5.97 Å². The monoisotopic (exact) mass is 364 g/mol. The van der Waals surface area contributed by atoms with Crippen LogP contribution in [0.25, 0.3) is 0 Å². The summed E-state index contributed by atoms with van der Waals surface area (Å²) in [5, 5.41) is 0. The zero-order chi connectivity index (χ0) is 18.8. The average Bonchev–Trinajstić information content (AvgIpc) is 3.16. The molecule has 3 rings (SSSR count). The summed E-state index contributed by atoms with van der Waals surface area (Å²) in [5.74, 6) is 0.172. The number of nitrogens with two attached hydrogens (primary N) is 1. The Balaban J connectivity index is 1.60. The normalized spacial score (nSPS) is 26.9. The van der Waals surface area contributed by atoms with Crippen LogP contribution in [0.4, 0.5) is 5.82 Å². The zero-order valence-corrected chi connectivity index (χ0v) is 15.7. The maximum Gasteiger partial charge on any atom is 0.360 e. The first kappa shape index (κ1) is 18.7. The molecule has 2 saturated heterocycles. The summed E-state index contributed by atoms with van der Waals surface area (Å²) < 4.78 is 12.6. The van der Waals surface area contributed by atoms with Crippen molar-refractivity contribution in [1.29, 1.82) is 0 Å². The smallest absolute Gasteiger partial charge is 0.360 e. The number of ether oxygens (including phenoxy) is 2. The molecule has 2 fully saturated rings. The van der Waals surface area contributed by atoms with Gasteiger partial charge in [0.15, 0.2) is 5.69 Å². The summed E-state index contributed by atoms with van der Waals surface area (Å²) in [4.78, 5) is 30.6. The van der Waals surface area contributed by atoms with Crippen LogP contribution >= 0.6 is 0 Å². The first-order valence-corrected chi connectivity index (χ1v) is 9.36. The van der Waals surface area contributed by atoms with Crippen LogP contribution in [0.5, 0.6) is 0 Å². The van der Waals surface area contributed by atoms with Gasteiger partial charge in [-0.25, -0.2) is 9.78 Å². The van der Waals surface area contributed by atoms with Gasteiger partial charge in [-0.1, -0.05) is 6.92 Å². The van der Waals surface area contributed by atoms with E-state index >= 15 is 0 Å². The molecule has 2 aliphatic heterocycles. The number of carbonyl (C=O) groups excluding carboxylic acids is 2. The Morgan fingerprint density at radius 2 is 2.04 bits per heavy atom. The van der Waals surface area contributed by atoms with Gasteiger partial charge in [0, 0.05) is 19.1 Å². The second-order valence-electron chi connectivity index (χ2n) is 7.24. The second kappa shape index (κ2) is 7.65. The van der Waals surface area contributed by atoms with Crippen molar-refractivity contribution in [2.24, 2.45) is 5.92 Å². The number of anilines is 1. The standard InChI is InChI=1S/C18H28N4O4/c1-4-25-18(24)14-16(19)22(10-20-14)13-5-7-21(8-6-13)17(23)15-11(2)9-12(3)26-15/h10-13,15H,4-9,19H2,1-3H3/t11-,12+,15+/m0/s1. The van der Waals surface area contributed by atoms with Crippen molar-refractivity contribution < 1.29 is 19.1 Å². The van der Waals surface area contributed by atoms with Crippen molar-refractivity contribution in [3.05, 3.63) is 12.0 Å². The highest BCUT2D eigenvalue weighted by Crippen LogP contribution is 2.31. The van der Waals surface area contributed by atoms with Gasteiger partial charge in [-0.15, -0.1) is 0 Å². The van der Waals surface area contributed by atoms with Gasteiger partial charge < -0.3 is 24.7 Å². The molecule has 8 heteroatoms. The number of rotatable bonds is 4. The third-order valence-electron chi connectivity index (χ3n) is 5.31. The van der Waals surface area contributed by atoms with E-state index in [1.165, 1.54) is 0 Å². The van der Waals surface area contributed by atoms with Crippen LogP contribution in [0.1, 0.15) is 56.6 Å². The fourth-order valence-corrected chi connectivity index (χ4v) is 3.95. The summed E-state index contributed by atoms with van der Waals surface area (Å²) >= 11 is 0. The van der Waals surface area contributed by atoms with E-state index in [1.807, 2.05) is 16.4 Å². The van der Waals surface area contributed by atoms with Gasteiger partial charge in [-0.2, -0.15) is 0 Å². The van der Waals surface area contributed by atoms with Gasteiger partial charge in [0.1, 0.15) is 11.9 Å². The first-order valence-electron chi connectivity index (χ1n) is 9.36. The van der Waals surface area contributed by atoms with E-state index in [-0.39, 0.29) is 42.4 Å². The summed E-state index contributed by atoms with van der Waals surface area (Å²) in [5.41, 5.74) is 6.25. The van der Waals surface area contributed by atoms with Crippen molar-refractivity contribution in [3.63, 3.8) is 0 Å². The Labute approximate surface area is 153 Å². The predicted octanol–water partition coefficient (Wildman–Crippen LogP) is 1.62. The van der Waals surface area contributed by atoms with Crippen LogP contribution in [-0.2, 0) is 14.3 Å². The number of likely N-dealkylation sites (tertiary alicyclic amines) is 1. The molecule has 0 aromatic carbocycles. The number of amides is 1. The van der Waals surface area contributed by atoms with E-state index in [1.54, 1.807) is 13.3 Å². The van der Waals surface area contributed by atoms with Gasteiger partial charge in [0.25, 0.3) is 5.91 Å². The predicted molar refractivity (Wildman–Crippen MR) is 95.6 cm³/mol. The number of imidazole rings is 1. The number of nitrogens with zero attached hydrogens (tertiary/aromatic N) is 3. The molecule has 1 aromatic rings. The molecule has 2 N–H and O–H groups in total. The lowest BCUT2D eigenvalue weighted by Crippen LogP contribution is -2.45. The number of hydrogen-bond acceptors (Lipinski definition) is 6. The van der Waals surface area contributed by atoms with Crippen molar-refractivity contribution in [3.8, 4) is 0 Å². The molecule has 0 aliphatic carbocycles. The molecule has 1 amide bonds. The lowest BCUT2D eigenvalue weighted by molar-refractivity contribution is -0.145. The SMILES string of the molecule is CCOC(=O)c1ncn(C2CCN(C(=O)[C@@H]3O[C@H](C)C[C@@H]3C)CC2)c1N. The Hall–Kier alpha value is -2.09. The Bertz CT molecular complexity index is 666. The number of piperidine rings is 1. The molecule has 2 aliphatic rings. The van der Waals surface area contributed by atoms with Crippen LogP contribution < -0.4 is 5.73 Å². The van der Waals surface area contributed by atoms with Crippen LogP contribution in [0.3, 0.4) is 0 Å². The first-order chi connectivity index (χ1) is 12.4. The van der Waals surface area contributed by atoms with Gasteiger partial charge in [-0.05, 0) is 39.0 Å². The molecule has 0 radical (unpaired) electrons. The topological polar surface area (TPSA) is 99.7 Å². The zero-order valence-electron chi connectivity index (χ0n) is 15.7. The summed E-state index contributed by atoms with van der Waals surface area (Å²) in [6, 6.07) is 0.121. The van der Waals surface area contributed by atoms with E-state index in [2.05, 4.69) is 11.9 Å². The fourth-order valence-electron chi connectivity index (χ4n) is 3.95. The molecular formula is C18H28N4O4. The molecule has 3 atom stereocenters. The minimum Gasteiger partial charge on any atom is -0.461 e. The number of aromatic nitrogens is 2. The van der Waals surface area contributed by atoms with Gasteiger partial charge in [0.2, 0.25) is 0 Å². The minimum absolute atomic E-state index is 0.0890. The van der Waals surface area contributed by atoms with Crippen LogP contribution in [0.2, 0.25) is 0 Å². The molecule has 8 nitrogen and oxygen atoms in total. The van der Waals surface area contributed by atoms with Crippen LogP contribution in [-0.4, -0.2) is 58.2 Å². The van der Waals surface area contributed by atoms with E-state index in [0.717, 1.165) is 19.3 Å². The van der Waals surface area contributed by atoms with Crippen molar-refractivity contribution >= 4 is 17.7 Å². The maximum absolute atomic E-state index is 12.7. The van der Waals surface area contributed by atoms with Crippen molar-refractivity contribution in [1.82, 2.24) is 14.5 Å². The number of nitrogen functional groups attached to an aromatic ring is 1. The molecule has 26 heavy (non-hydrogen) atoms. The summed E-state index contributed by atoms with van der Waals surface area (Å²) in [6.07, 6.45) is 3.87. The molecule has 1 aromatic heterocycles. The summed E-state index contributed by atoms with van der Waals surface area (Å²) in [6.45, 7) is 7.41. The molecule has 144 valence electrons. The number of esters is 1. The van der Waals surface area contributed by atoms with E-state index in [4.69, 9.17) is 15.2 Å². The Kier molecular flexibility index (Phi) is 5.50. The van der Waals surface area contributed by atoms with Crippen molar-refractivity contribution in [2.45, 2.75) is 58.3 Å². The van der Waals surface area contributed by atoms with Gasteiger partial charge in [-0.3, -0.25) is 4.79 Å². The van der Waals surface area contributed by atoms with Crippen LogP contribution in [0.15, 0.2) is 6.33 Å². The van der Waals surface area contributed by atoms with Crippen molar-refractivity contribution in [2.75, 3.05) is 25.4 Å². The second-order valence-corrected chi connectivity index (χ2v) is 7.24. The minimum atomic E-state index is -0.502. The molecule has 0 unspecified atom stereocenters. The highest BCUT2D eigenvalue weighted by molar-refractivity contribution is 5.92. The lowest BCUT2D eigenvalue weighted by atomic mass is 9.99. The largest absolute Gasteiger partial charge is 0.461 e. The molecule has 0 spiro atoms. The molecule has 0 saturated carbocycles. The van der Waals surface area contributed by atoms with Gasteiger partial charge in [0.05, 0.1) is 19.0 Å². The average molecular weight is 364 g/mol. The highest BCUT2D eigenvalue weighted by Gasteiger charge is 2.38. The third-order valence-corrected chi connectivity index (χ3v) is 5.31. The van der Waals surface area contributed by atoms with E-state index in [0.29, 0.717) is 18.9 Å². The molecule has 3 heterocycles. The highest BCUT2D eigenvalue weighted by atomic mass is 16.5. The molecule has 0 bridgehead atoms. The third kappa shape index (κ3) is 3.56. The lowest BCUT2D eigenvalue weighted by Gasteiger charge is -2.34. The maximum atomic E-state index is 12.7. The van der Waals surface area contributed by atoms with Gasteiger partial charge >= 0.3 is 5.97 Å². The number of carbonyl (C=O) groups is 2.